The number of carbonyl (C=O) groups is 2. The summed E-state index contributed by atoms with van der Waals surface area (Å²) in [6.07, 6.45) is 1.06. The van der Waals surface area contributed by atoms with Gasteiger partial charge in [-0.1, -0.05) is 6.92 Å². The zero-order valence-corrected chi connectivity index (χ0v) is 17.4. The van der Waals surface area contributed by atoms with E-state index in [1.807, 2.05) is 13.0 Å². The smallest absolute Gasteiger partial charge is 0.306 e. The lowest BCUT2D eigenvalue weighted by Crippen LogP contribution is -2.18. The molecule has 0 aromatic heterocycles. The molecule has 4 nitrogen and oxygen atoms in total. The fraction of sp³-hybridized carbons (Fsp3) is 0.385. The molecule has 0 aliphatic carbocycles. The zero-order chi connectivity index (χ0) is 15.4. The van der Waals surface area contributed by atoms with Gasteiger partial charge in [0.1, 0.15) is 0 Å². The van der Waals surface area contributed by atoms with Gasteiger partial charge >= 0.3 is 5.97 Å². The van der Waals surface area contributed by atoms with Crippen LogP contribution in [-0.2, 0) is 16.0 Å². The molecule has 1 unspecified atom stereocenters. The second-order valence-electron chi connectivity index (χ2n) is 4.34. The van der Waals surface area contributed by atoms with Gasteiger partial charge in [-0.25, -0.2) is 0 Å². The molecule has 0 spiro atoms. The van der Waals surface area contributed by atoms with E-state index < -0.39 is 11.9 Å². The maximum Gasteiger partial charge on any atom is 0.306 e. The highest BCUT2D eigenvalue weighted by Crippen LogP contribution is 2.33. The van der Waals surface area contributed by atoms with Crippen LogP contribution < -0.4 is 5.32 Å². The van der Waals surface area contributed by atoms with Crippen molar-refractivity contribution in [3.8, 4) is 0 Å². The van der Waals surface area contributed by atoms with Crippen molar-refractivity contribution in [1.29, 1.82) is 0 Å². The van der Waals surface area contributed by atoms with Crippen LogP contribution in [0.25, 0.3) is 0 Å². The van der Waals surface area contributed by atoms with Crippen molar-refractivity contribution in [2.45, 2.75) is 26.7 Å². The van der Waals surface area contributed by atoms with Gasteiger partial charge in [-0.05, 0) is 92.2 Å². The largest absolute Gasteiger partial charge is 0.481 e. The number of benzene rings is 1. The van der Waals surface area contributed by atoms with E-state index >= 15 is 0 Å². The van der Waals surface area contributed by atoms with E-state index in [0.29, 0.717) is 12.8 Å². The Labute approximate surface area is 158 Å². The van der Waals surface area contributed by atoms with Crippen LogP contribution in [0.4, 0.5) is 5.69 Å². The van der Waals surface area contributed by atoms with Crippen LogP contribution in [0.15, 0.2) is 6.07 Å². The van der Waals surface area contributed by atoms with Crippen LogP contribution in [0.2, 0.25) is 0 Å². The number of aliphatic carboxylic acids is 1. The summed E-state index contributed by atoms with van der Waals surface area (Å²) in [6, 6.07) is 1.97. The van der Waals surface area contributed by atoms with Crippen molar-refractivity contribution in [2.75, 3.05) is 5.32 Å². The molecule has 0 radical (unpaired) electrons. The number of carboxylic acid groups (broad SMARTS) is 1. The maximum absolute atomic E-state index is 11.3. The Hall–Kier alpha value is 0.350. The molecular weight excluding hydrogens is 599 g/mol. The third kappa shape index (κ3) is 4.68. The molecule has 0 heterocycles. The van der Waals surface area contributed by atoms with Crippen LogP contribution in [0.3, 0.4) is 0 Å². The third-order valence-electron chi connectivity index (χ3n) is 2.86. The summed E-state index contributed by atoms with van der Waals surface area (Å²) in [5.74, 6) is -1.31. The van der Waals surface area contributed by atoms with Gasteiger partial charge in [0, 0.05) is 17.6 Å². The van der Waals surface area contributed by atoms with Gasteiger partial charge in [-0.3, -0.25) is 9.59 Å². The molecule has 7 heteroatoms. The molecule has 0 saturated carbocycles. The van der Waals surface area contributed by atoms with Gasteiger partial charge < -0.3 is 10.4 Å². The number of carboxylic acids is 1. The maximum atomic E-state index is 11.3. The minimum absolute atomic E-state index is 0.127. The highest BCUT2D eigenvalue weighted by molar-refractivity contribution is 14.1. The van der Waals surface area contributed by atoms with Crippen molar-refractivity contribution in [3.05, 3.63) is 22.3 Å². The van der Waals surface area contributed by atoms with Gasteiger partial charge in [0.2, 0.25) is 5.91 Å². The summed E-state index contributed by atoms with van der Waals surface area (Å²) in [5.41, 5.74) is 1.76. The van der Waals surface area contributed by atoms with Crippen LogP contribution >= 0.6 is 67.8 Å². The molecule has 0 aliphatic rings. The van der Waals surface area contributed by atoms with E-state index in [0.717, 1.165) is 22.0 Å². The predicted molar refractivity (Wildman–Crippen MR) is 104 cm³/mol. The fourth-order valence-electron chi connectivity index (χ4n) is 1.76. The summed E-state index contributed by atoms with van der Waals surface area (Å²) in [5, 5.41) is 12.0. The molecule has 1 atom stereocenters. The van der Waals surface area contributed by atoms with Crippen molar-refractivity contribution in [3.63, 3.8) is 0 Å². The summed E-state index contributed by atoms with van der Waals surface area (Å²) < 4.78 is 2.91. The Morgan fingerprint density at radius 2 is 1.90 bits per heavy atom. The first kappa shape index (κ1) is 18.4. The number of anilines is 1. The van der Waals surface area contributed by atoms with Crippen LogP contribution in [0, 0.1) is 16.6 Å². The highest BCUT2D eigenvalue weighted by atomic mass is 127. The summed E-state index contributed by atoms with van der Waals surface area (Å²) in [4.78, 5) is 22.5. The highest BCUT2D eigenvalue weighted by Gasteiger charge is 2.21. The Morgan fingerprint density at radius 1 is 1.30 bits per heavy atom. The molecule has 110 valence electrons. The molecule has 20 heavy (non-hydrogen) atoms. The standard InChI is InChI=1S/C13H14I3NO3/c1-3-7(13(19)20)4-8-9(14)5-10(15)12(11(8)16)17-6(2)18/h5,7H,3-4H2,1-2H3,(H,17,18)(H,19,20). The molecule has 0 saturated heterocycles. The van der Waals surface area contributed by atoms with Crippen molar-refractivity contribution in [1.82, 2.24) is 0 Å². The Morgan fingerprint density at radius 3 is 2.35 bits per heavy atom. The topological polar surface area (TPSA) is 66.4 Å². The van der Waals surface area contributed by atoms with Gasteiger partial charge in [0.15, 0.2) is 0 Å². The normalized spacial score (nSPS) is 12.1. The number of rotatable bonds is 5. The van der Waals surface area contributed by atoms with E-state index in [4.69, 9.17) is 0 Å². The summed E-state index contributed by atoms with van der Waals surface area (Å²) in [7, 11) is 0. The molecule has 0 aliphatic heterocycles. The molecule has 1 aromatic rings. The number of halogens is 3. The van der Waals surface area contributed by atoms with Crippen LogP contribution in [0.1, 0.15) is 25.8 Å². The second-order valence-corrected chi connectivity index (χ2v) is 7.74. The predicted octanol–water partition coefficient (Wildman–Crippen LogP) is 4.11. The van der Waals surface area contributed by atoms with Gasteiger partial charge in [-0.15, -0.1) is 0 Å². The molecule has 1 amide bonds. The van der Waals surface area contributed by atoms with Crippen molar-refractivity contribution >= 4 is 85.3 Å². The second kappa shape index (κ2) is 8.11. The molecular formula is C13H14I3NO3. The average molecular weight is 613 g/mol. The number of amides is 1. The number of carbonyl (C=O) groups excluding carboxylic acids is 1. The van der Waals surface area contributed by atoms with E-state index in [2.05, 4.69) is 73.1 Å². The molecule has 0 fully saturated rings. The molecule has 1 rings (SSSR count). The first-order chi connectivity index (χ1) is 9.27. The molecule has 1 aromatic carbocycles. The fourth-order valence-corrected chi connectivity index (χ4v) is 5.84. The van der Waals surface area contributed by atoms with Crippen LogP contribution in [0.5, 0.6) is 0 Å². The van der Waals surface area contributed by atoms with E-state index in [9.17, 15) is 14.7 Å². The number of hydrogen-bond donors (Lipinski definition) is 2. The minimum Gasteiger partial charge on any atom is -0.481 e. The average Bonchev–Trinajstić information content (AvgIpc) is 2.33. The monoisotopic (exact) mass is 613 g/mol. The lowest BCUT2D eigenvalue weighted by Gasteiger charge is -2.17. The Kier molecular flexibility index (Phi) is 7.46. The van der Waals surface area contributed by atoms with E-state index in [1.165, 1.54) is 6.92 Å². The number of nitrogens with one attached hydrogen (secondary N) is 1. The lowest BCUT2D eigenvalue weighted by atomic mass is 9.97. The first-order valence-electron chi connectivity index (χ1n) is 5.94. The Balaban J connectivity index is 3.25. The zero-order valence-electron chi connectivity index (χ0n) is 11.0. The lowest BCUT2D eigenvalue weighted by molar-refractivity contribution is -0.141. The molecule has 0 bridgehead atoms. The Bertz CT molecular complexity index is 546. The summed E-state index contributed by atoms with van der Waals surface area (Å²) in [6.45, 7) is 3.34. The number of hydrogen-bond acceptors (Lipinski definition) is 2. The third-order valence-corrected chi connectivity index (χ3v) is 5.86. The quantitative estimate of drug-likeness (QED) is 0.492. The summed E-state index contributed by atoms with van der Waals surface area (Å²) >= 11 is 6.58. The SMILES string of the molecule is CCC(Cc1c(I)cc(I)c(NC(C)=O)c1I)C(=O)O. The van der Waals surface area contributed by atoms with Gasteiger partial charge in [0.05, 0.1) is 11.6 Å². The van der Waals surface area contributed by atoms with Crippen molar-refractivity contribution in [2.24, 2.45) is 5.92 Å². The van der Waals surface area contributed by atoms with E-state index in [1.54, 1.807) is 0 Å². The van der Waals surface area contributed by atoms with E-state index in [-0.39, 0.29) is 5.91 Å². The first-order valence-corrected chi connectivity index (χ1v) is 9.18. The van der Waals surface area contributed by atoms with Crippen molar-refractivity contribution < 1.29 is 14.7 Å². The minimum atomic E-state index is -0.779. The van der Waals surface area contributed by atoms with Gasteiger partial charge in [0.25, 0.3) is 0 Å². The van der Waals surface area contributed by atoms with Gasteiger partial charge in [-0.2, -0.15) is 0 Å². The molecule has 2 N–H and O–H groups in total. The van der Waals surface area contributed by atoms with Crippen LogP contribution in [-0.4, -0.2) is 17.0 Å².